The van der Waals surface area contributed by atoms with Crippen LogP contribution in [0, 0.1) is 34.0 Å². The Labute approximate surface area is 139 Å². The minimum atomic E-state index is -0.477. The van der Waals surface area contributed by atoms with Gasteiger partial charge in [-0.25, -0.2) is 0 Å². The molecule has 0 aromatic carbocycles. The van der Waals surface area contributed by atoms with Gasteiger partial charge in [-0.15, -0.1) is 0 Å². The van der Waals surface area contributed by atoms with E-state index in [1.54, 1.807) is 0 Å². The van der Waals surface area contributed by atoms with Crippen LogP contribution in [-0.4, -0.2) is 33.6 Å². The lowest BCUT2D eigenvalue weighted by Gasteiger charge is -2.66. The van der Waals surface area contributed by atoms with Gasteiger partial charge in [0.25, 0.3) is 0 Å². The first-order valence-corrected chi connectivity index (χ1v) is 9.35. The fraction of sp³-hybridized carbons (Fsp3) is 0.900. The van der Waals surface area contributed by atoms with Crippen molar-refractivity contribution < 1.29 is 15.3 Å². The Morgan fingerprint density at radius 2 is 1.65 bits per heavy atom. The molecule has 3 N–H and O–H groups in total. The van der Waals surface area contributed by atoms with Gasteiger partial charge >= 0.3 is 0 Å². The van der Waals surface area contributed by atoms with E-state index in [0.717, 1.165) is 37.7 Å². The van der Waals surface area contributed by atoms with E-state index < -0.39 is 12.2 Å². The Morgan fingerprint density at radius 1 is 0.957 bits per heavy atom. The highest BCUT2D eigenvalue weighted by molar-refractivity contribution is 5.28. The van der Waals surface area contributed by atoms with Gasteiger partial charge in [0.2, 0.25) is 0 Å². The average Bonchev–Trinajstić information content (AvgIpc) is 2.57. The highest BCUT2D eigenvalue weighted by atomic mass is 16.3. The molecule has 0 aromatic heterocycles. The fourth-order valence-corrected chi connectivity index (χ4v) is 8.05. The average molecular weight is 320 g/mol. The number of aliphatic hydroxyl groups is 3. The Kier molecular flexibility index (Phi) is 3.23. The SMILES string of the molecule is C=C1[C@H]2CC[C@@H]3[C@@]4(C)C[C@H](O)CC(C)(C)[C@@H]4[C@H](O)C[C@@]3(C2)[C@H]1O. The van der Waals surface area contributed by atoms with Crippen molar-refractivity contribution in [3.8, 4) is 0 Å². The molecule has 4 saturated carbocycles. The van der Waals surface area contributed by atoms with Gasteiger partial charge in [0.15, 0.2) is 0 Å². The maximum Gasteiger partial charge on any atom is 0.0810 e. The van der Waals surface area contributed by atoms with E-state index in [9.17, 15) is 15.3 Å². The van der Waals surface area contributed by atoms with E-state index in [2.05, 4.69) is 27.4 Å². The molecule has 0 radical (unpaired) electrons. The predicted molar refractivity (Wildman–Crippen MR) is 89.7 cm³/mol. The molecule has 3 heteroatoms. The van der Waals surface area contributed by atoms with Crippen molar-refractivity contribution in [1.29, 1.82) is 0 Å². The topological polar surface area (TPSA) is 60.7 Å². The van der Waals surface area contributed by atoms with E-state index in [4.69, 9.17) is 0 Å². The number of hydrogen-bond acceptors (Lipinski definition) is 3. The van der Waals surface area contributed by atoms with Gasteiger partial charge < -0.3 is 15.3 Å². The Morgan fingerprint density at radius 3 is 2.35 bits per heavy atom. The molecule has 2 bridgehead atoms. The van der Waals surface area contributed by atoms with E-state index in [0.29, 0.717) is 18.3 Å². The summed E-state index contributed by atoms with van der Waals surface area (Å²) in [4.78, 5) is 0. The van der Waals surface area contributed by atoms with Crippen LogP contribution in [0.3, 0.4) is 0 Å². The molecule has 4 rings (SSSR count). The molecule has 0 unspecified atom stereocenters. The summed E-state index contributed by atoms with van der Waals surface area (Å²) in [6, 6.07) is 0. The monoisotopic (exact) mass is 320 g/mol. The number of aliphatic hydroxyl groups excluding tert-OH is 3. The largest absolute Gasteiger partial charge is 0.393 e. The first kappa shape index (κ1) is 16.1. The minimum Gasteiger partial charge on any atom is -0.393 e. The van der Waals surface area contributed by atoms with E-state index >= 15 is 0 Å². The van der Waals surface area contributed by atoms with Crippen LogP contribution in [0.4, 0.5) is 0 Å². The third-order valence-corrected chi connectivity index (χ3v) is 8.30. The van der Waals surface area contributed by atoms with Crippen LogP contribution in [0.2, 0.25) is 0 Å². The van der Waals surface area contributed by atoms with Crippen molar-refractivity contribution in [2.45, 2.75) is 77.6 Å². The maximum absolute atomic E-state index is 11.1. The van der Waals surface area contributed by atoms with Gasteiger partial charge in [0.05, 0.1) is 18.3 Å². The minimum absolute atomic E-state index is 0.0646. The van der Waals surface area contributed by atoms with Gasteiger partial charge in [-0.1, -0.05) is 27.4 Å². The molecule has 4 aliphatic carbocycles. The summed E-state index contributed by atoms with van der Waals surface area (Å²) in [5, 5.41) is 32.7. The molecular formula is C20H32O3. The van der Waals surface area contributed by atoms with Crippen molar-refractivity contribution in [1.82, 2.24) is 0 Å². The highest BCUT2D eigenvalue weighted by Crippen LogP contribution is 2.71. The molecule has 0 amide bonds. The lowest BCUT2D eigenvalue weighted by molar-refractivity contribution is -0.229. The molecule has 0 heterocycles. The quantitative estimate of drug-likeness (QED) is 0.602. The van der Waals surface area contributed by atoms with Crippen molar-refractivity contribution in [3.63, 3.8) is 0 Å². The van der Waals surface area contributed by atoms with Gasteiger partial charge in [-0.3, -0.25) is 0 Å². The summed E-state index contributed by atoms with van der Waals surface area (Å²) < 4.78 is 0. The molecule has 1 spiro atoms. The van der Waals surface area contributed by atoms with Crippen LogP contribution in [0.5, 0.6) is 0 Å². The standard InChI is InChI=1S/C20H32O3/c1-11-12-5-6-15-19(4)9-13(21)8-18(2,3)16(19)14(22)10-20(15,7-12)17(11)23/h12-17,21-23H,1,5-10H2,2-4H3/t12-,13+,14+,15+,16-,17-,19+,20+/m0/s1. The van der Waals surface area contributed by atoms with Crippen LogP contribution >= 0.6 is 0 Å². The molecule has 4 aliphatic rings. The normalized spacial score (nSPS) is 57.7. The number of hydrogen-bond donors (Lipinski definition) is 3. The third-order valence-electron chi connectivity index (χ3n) is 8.30. The van der Waals surface area contributed by atoms with Gasteiger partial charge in [0.1, 0.15) is 0 Å². The zero-order valence-corrected chi connectivity index (χ0v) is 14.8. The molecule has 4 fully saturated rings. The number of fused-ring (bicyclic) bond motifs is 3. The van der Waals surface area contributed by atoms with Crippen molar-refractivity contribution in [2.75, 3.05) is 0 Å². The maximum atomic E-state index is 11.1. The second-order valence-electron chi connectivity index (χ2n) is 10.0. The Balaban J connectivity index is 1.83. The molecular weight excluding hydrogens is 288 g/mol. The summed E-state index contributed by atoms with van der Waals surface area (Å²) in [7, 11) is 0. The van der Waals surface area contributed by atoms with Gasteiger partial charge in [-0.2, -0.15) is 0 Å². The van der Waals surface area contributed by atoms with Crippen molar-refractivity contribution in [2.24, 2.45) is 34.0 Å². The Bertz CT molecular complexity index is 541. The van der Waals surface area contributed by atoms with Crippen LogP contribution in [0.25, 0.3) is 0 Å². The van der Waals surface area contributed by atoms with E-state index in [1.807, 2.05) is 0 Å². The van der Waals surface area contributed by atoms with Crippen LogP contribution < -0.4 is 0 Å². The molecule has 130 valence electrons. The molecule has 23 heavy (non-hydrogen) atoms. The zero-order valence-electron chi connectivity index (χ0n) is 14.8. The molecule has 0 saturated heterocycles. The lowest BCUT2D eigenvalue weighted by atomic mass is 9.40. The first-order chi connectivity index (χ1) is 10.6. The van der Waals surface area contributed by atoms with Crippen LogP contribution in [0.15, 0.2) is 12.2 Å². The molecule has 0 aliphatic heterocycles. The predicted octanol–water partition coefficient (Wildman–Crippen LogP) is 2.89. The van der Waals surface area contributed by atoms with Crippen molar-refractivity contribution >= 4 is 0 Å². The van der Waals surface area contributed by atoms with E-state index in [1.165, 1.54) is 0 Å². The Hall–Kier alpha value is -0.380. The highest BCUT2D eigenvalue weighted by Gasteiger charge is 2.69. The smallest absolute Gasteiger partial charge is 0.0810 e. The second-order valence-corrected chi connectivity index (χ2v) is 10.0. The van der Waals surface area contributed by atoms with Crippen molar-refractivity contribution in [3.05, 3.63) is 12.2 Å². The second kappa shape index (κ2) is 4.62. The third kappa shape index (κ3) is 1.88. The van der Waals surface area contributed by atoms with Crippen LogP contribution in [0.1, 0.15) is 59.3 Å². The molecule has 8 atom stereocenters. The zero-order chi connectivity index (χ0) is 16.8. The summed E-state index contributed by atoms with van der Waals surface area (Å²) in [5.74, 6) is 1.00. The molecule has 0 aromatic rings. The fourth-order valence-electron chi connectivity index (χ4n) is 8.05. The molecule has 3 nitrogen and oxygen atoms in total. The van der Waals surface area contributed by atoms with E-state index in [-0.39, 0.29) is 28.3 Å². The summed E-state index contributed by atoms with van der Waals surface area (Å²) >= 11 is 0. The summed E-state index contributed by atoms with van der Waals surface area (Å²) in [5.41, 5.74) is 0.621. The summed E-state index contributed by atoms with van der Waals surface area (Å²) in [6.07, 6.45) is 4.25. The number of rotatable bonds is 0. The lowest BCUT2D eigenvalue weighted by Crippen LogP contribution is -2.64. The first-order valence-electron chi connectivity index (χ1n) is 9.35. The van der Waals surface area contributed by atoms with Gasteiger partial charge in [-0.05, 0) is 72.7 Å². The van der Waals surface area contributed by atoms with Crippen LogP contribution in [-0.2, 0) is 0 Å². The summed E-state index contributed by atoms with van der Waals surface area (Å²) in [6.45, 7) is 10.9. The van der Waals surface area contributed by atoms with Gasteiger partial charge in [0, 0.05) is 5.41 Å².